The molecule has 0 saturated carbocycles. The van der Waals surface area contributed by atoms with E-state index in [-0.39, 0.29) is 17.2 Å². The molecular weight excluding hydrogens is 194 g/mol. The van der Waals surface area contributed by atoms with Gasteiger partial charge in [-0.15, -0.1) is 0 Å². The third-order valence-electron chi connectivity index (χ3n) is 3.54. The van der Waals surface area contributed by atoms with E-state index in [1.54, 1.807) is 0 Å². The van der Waals surface area contributed by atoms with Crippen LogP contribution in [0.3, 0.4) is 0 Å². The number of rotatable bonds is 1. The molecule has 1 rings (SSSR count). The molecule has 0 aromatic carbocycles. The van der Waals surface area contributed by atoms with Crippen molar-refractivity contribution in [2.24, 2.45) is 0 Å². The molecule has 1 aliphatic rings. The number of likely N-dealkylation sites (tertiary alicyclic amines) is 1. The summed E-state index contributed by atoms with van der Waals surface area (Å²) in [6.45, 7) is 8.47. The van der Waals surface area contributed by atoms with Crippen LogP contribution < -0.4 is 0 Å². The fourth-order valence-electron chi connectivity index (χ4n) is 2.51. The molecule has 15 heavy (non-hydrogen) atoms. The average Bonchev–Trinajstić information content (AvgIpc) is 1.97. The van der Waals surface area contributed by atoms with Crippen molar-refractivity contribution in [3.05, 3.63) is 0 Å². The summed E-state index contributed by atoms with van der Waals surface area (Å²) in [5.74, 6) is 0. The van der Waals surface area contributed by atoms with Crippen molar-refractivity contribution < 1.29 is 14.6 Å². The predicted molar refractivity (Wildman–Crippen MR) is 58.1 cm³/mol. The summed E-state index contributed by atoms with van der Waals surface area (Å²) in [4.78, 5) is 12.8. The smallest absolute Gasteiger partial charge is 0.450 e. The Morgan fingerprint density at radius 3 is 2.00 bits per heavy atom. The van der Waals surface area contributed by atoms with E-state index in [2.05, 4.69) is 39.6 Å². The van der Waals surface area contributed by atoms with Crippen molar-refractivity contribution in [1.29, 1.82) is 0 Å². The van der Waals surface area contributed by atoms with Crippen molar-refractivity contribution in [3.63, 3.8) is 0 Å². The van der Waals surface area contributed by atoms with Crippen LogP contribution in [0.25, 0.3) is 0 Å². The van der Waals surface area contributed by atoms with Crippen molar-refractivity contribution in [2.75, 3.05) is 7.05 Å². The minimum atomic E-state index is -1.17. The van der Waals surface area contributed by atoms with Crippen LogP contribution in [0.5, 0.6) is 0 Å². The van der Waals surface area contributed by atoms with Gasteiger partial charge in [-0.25, -0.2) is 4.79 Å². The van der Waals surface area contributed by atoms with Gasteiger partial charge in [-0.05, 0) is 34.7 Å². The Hall–Kier alpha value is -0.770. The van der Waals surface area contributed by atoms with Crippen molar-refractivity contribution in [3.8, 4) is 0 Å². The lowest BCUT2D eigenvalue weighted by atomic mass is 9.79. The number of hydrogen-bond donors (Lipinski definition) is 1. The van der Waals surface area contributed by atoms with Gasteiger partial charge >= 0.3 is 6.16 Å². The highest BCUT2D eigenvalue weighted by Gasteiger charge is 2.44. The first kappa shape index (κ1) is 12.3. The van der Waals surface area contributed by atoms with Crippen LogP contribution in [0.4, 0.5) is 4.79 Å². The Kier molecular flexibility index (Phi) is 3.01. The molecule has 1 N–H and O–H groups in total. The summed E-state index contributed by atoms with van der Waals surface area (Å²) in [5.41, 5.74) is -0.0519. The molecule has 1 fully saturated rings. The fraction of sp³-hybridized carbons (Fsp3) is 0.909. The molecular formula is C11H21NO3. The monoisotopic (exact) mass is 215 g/mol. The molecule has 1 aliphatic heterocycles. The van der Waals surface area contributed by atoms with Gasteiger partial charge in [0.05, 0.1) is 0 Å². The molecule has 88 valence electrons. The Bertz CT molecular complexity index is 243. The lowest BCUT2D eigenvalue weighted by Crippen LogP contribution is -2.60. The molecule has 4 heteroatoms. The fourth-order valence-corrected chi connectivity index (χ4v) is 2.51. The molecule has 0 bridgehead atoms. The zero-order valence-electron chi connectivity index (χ0n) is 10.2. The van der Waals surface area contributed by atoms with Gasteiger partial charge in [-0.2, -0.15) is 0 Å². The summed E-state index contributed by atoms with van der Waals surface area (Å²) in [7, 11) is 2.08. The molecule has 0 spiro atoms. The number of hydrogen-bond acceptors (Lipinski definition) is 3. The van der Waals surface area contributed by atoms with E-state index in [1.807, 2.05) is 0 Å². The molecule has 4 nitrogen and oxygen atoms in total. The molecule has 0 aromatic rings. The highest BCUT2D eigenvalue weighted by Crippen LogP contribution is 2.37. The summed E-state index contributed by atoms with van der Waals surface area (Å²) >= 11 is 0. The first-order chi connectivity index (χ1) is 6.65. The second-order valence-corrected chi connectivity index (χ2v) is 5.60. The average molecular weight is 215 g/mol. The zero-order valence-corrected chi connectivity index (χ0v) is 10.2. The maximum absolute atomic E-state index is 10.5. The van der Waals surface area contributed by atoms with Crippen LogP contribution in [0.1, 0.15) is 40.5 Å². The predicted octanol–water partition coefficient (Wildman–Crippen LogP) is 2.33. The van der Waals surface area contributed by atoms with Crippen LogP contribution in [0.15, 0.2) is 0 Å². The zero-order chi connectivity index (χ0) is 11.9. The maximum atomic E-state index is 10.5. The van der Waals surface area contributed by atoms with Gasteiger partial charge in [-0.3, -0.25) is 4.90 Å². The first-order valence-corrected chi connectivity index (χ1v) is 5.29. The molecule has 0 amide bonds. The van der Waals surface area contributed by atoms with E-state index in [1.165, 1.54) is 0 Å². The van der Waals surface area contributed by atoms with Gasteiger partial charge in [-0.1, -0.05) is 0 Å². The van der Waals surface area contributed by atoms with E-state index in [4.69, 9.17) is 9.84 Å². The summed E-state index contributed by atoms with van der Waals surface area (Å²) in [6, 6.07) is 0. The van der Waals surface area contributed by atoms with Gasteiger partial charge in [0.25, 0.3) is 0 Å². The van der Waals surface area contributed by atoms with Gasteiger partial charge in [0, 0.05) is 23.9 Å². The summed E-state index contributed by atoms with van der Waals surface area (Å²) < 4.78 is 4.90. The van der Waals surface area contributed by atoms with E-state index in [9.17, 15) is 4.79 Å². The molecule has 0 radical (unpaired) electrons. The highest BCUT2D eigenvalue weighted by molar-refractivity contribution is 5.57. The Labute approximate surface area is 91.2 Å². The lowest BCUT2D eigenvalue weighted by Gasteiger charge is -2.52. The first-order valence-electron chi connectivity index (χ1n) is 5.29. The quantitative estimate of drug-likeness (QED) is 0.682. The number of carboxylic acid groups (broad SMARTS) is 1. The normalized spacial score (nSPS) is 26.2. The van der Waals surface area contributed by atoms with Crippen LogP contribution in [0, 0.1) is 0 Å². The van der Waals surface area contributed by atoms with Crippen molar-refractivity contribution >= 4 is 6.16 Å². The van der Waals surface area contributed by atoms with Gasteiger partial charge in [0.1, 0.15) is 6.10 Å². The van der Waals surface area contributed by atoms with Crippen molar-refractivity contribution in [1.82, 2.24) is 4.90 Å². The van der Waals surface area contributed by atoms with E-state index in [0.717, 1.165) is 12.8 Å². The minimum absolute atomic E-state index is 0.0259. The van der Waals surface area contributed by atoms with E-state index < -0.39 is 6.16 Å². The molecule has 1 heterocycles. The van der Waals surface area contributed by atoms with E-state index >= 15 is 0 Å². The van der Waals surface area contributed by atoms with Crippen molar-refractivity contribution in [2.45, 2.75) is 57.7 Å². The number of carbonyl (C=O) groups is 1. The van der Waals surface area contributed by atoms with Crippen LogP contribution in [0.2, 0.25) is 0 Å². The van der Waals surface area contributed by atoms with Crippen LogP contribution >= 0.6 is 0 Å². The van der Waals surface area contributed by atoms with Gasteiger partial charge < -0.3 is 9.84 Å². The second kappa shape index (κ2) is 3.67. The molecule has 1 saturated heterocycles. The molecule has 0 atom stereocenters. The number of ether oxygens (including phenoxy) is 1. The summed E-state index contributed by atoms with van der Waals surface area (Å²) in [6.07, 6.45) is 0.137. The molecule has 0 unspecified atom stereocenters. The minimum Gasteiger partial charge on any atom is -0.450 e. The van der Waals surface area contributed by atoms with Gasteiger partial charge in [0.2, 0.25) is 0 Å². The SMILES string of the molecule is CN1C(C)(C)CC(OC(=O)O)CC1(C)C. The topological polar surface area (TPSA) is 49.8 Å². The maximum Gasteiger partial charge on any atom is 0.506 e. The number of nitrogens with zero attached hydrogens (tertiary/aromatic N) is 1. The van der Waals surface area contributed by atoms with E-state index in [0.29, 0.717) is 0 Å². The van der Waals surface area contributed by atoms with Crippen LogP contribution in [-0.2, 0) is 4.74 Å². The number of piperidine rings is 1. The highest BCUT2D eigenvalue weighted by atomic mass is 16.7. The van der Waals surface area contributed by atoms with Gasteiger partial charge in [0.15, 0.2) is 0 Å². The Morgan fingerprint density at radius 1 is 1.27 bits per heavy atom. The summed E-state index contributed by atoms with van der Waals surface area (Å²) in [5, 5.41) is 8.64. The largest absolute Gasteiger partial charge is 0.506 e. The molecule has 0 aromatic heterocycles. The third kappa shape index (κ3) is 2.62. The Morgan fingerprint density at radius 2 is 1.67 bits per heavy atom. The lowest BCUT2D eigenvalue weighted by molar-refractivity contribution is -0.0763. The standard InChI is InChI=1S/C11H21NO3/c1-10(2)6-8(15-9(13)14)7-11(3,4)12(10)5/h8H,6-7H2,1-5H3,(H,13,14). The molecule has 0 aliphatic carbocycles. The third-order valence-corrected chi connectivity index (χ3v) is 3.54. The second-order valence-electron chi connectivity index (χ2n) is 5.60. The van der Waals surface area contributed by atoms with Crippen LogP contribution in [-0.4, -0.2) is 40.4 Å². The Balaban J connectivity index is 2.79.